The van der Waals surface area contributed by atoms with Gasteiger partial charge in [0.25, 0.3) is 5.56 Å². The summed E-state index contributed by atoms with van der Waals surface area (Å²) in [7, 11) is 0. The third kappa shape index (κ3) is 7.90. The Morgan fingerprint density at radius 2 is 1.97 bits per heavy atom. The molecule has 1 aromatic carbocycles. The number of anilines is 1. The number of benzene rings is 1. The van der Waals surface area contributed by atoms with E-state index in [1.54, 1.807) is 17.5 Å². The number of hydrogen-bond donors (Lipinski definition) is 6. The van der Waals surface area contributed by atoms with E-state index >= 15 is 0 Å². The van der Waals surface area contributed by atoms with Crippen LogP contribution in [0.25, 0.3) is 11.4 Å². The van der Waals surface area contributed by atoms with E-state index in [-0.39, 0.29) is 46.5 Å². The first-order chi connectivity index (χ1) is 18.4. The summed E-state index contributed by atoms with van der Waals surface area (Å²) in [4.78, 5) is 39.0. The first kappa shape index (κ1) is 30.3. The van der Waals surface area contributed by atoms with Crippen molar-refractivity contribution in [3.05, 3.63) is 61.4 Å². The molecule has 2 aromatic heterocycles. The Labute approximate surface area is 238 Å². The fourth-order valence-electron chi connectivity index (χ4n) is 3.73. The summed E-state index contributed by atoms with van der Waals surface area (Å²) in [5, 5.41) is 29.6. The summed E-state index contributed by atoms with van der Waals surface area (Å²) in [5.74, 6) is -3.09. The highest BCUT2D eigenvalue weighted by Crippen LogP contribution is 2.28. The number of nitrogens with one attached hydrogen (secondary N) is 2. The van der Waals surface area contributed by atoms with Crippen LogP contribution in [-0.2, 0) is 17.1 Å². The predicted molar refractivity (Wildman–Crippen MR) is 153 cm³/mol. The van der Waals surface area contributed by atoms with Crippen LogP contribution >= 0.6 is 34.5 Å². The van der Waals surface area contributed by atoms with Gasteiger partial charge in [-0.1, -0.05) is 23.2 Å². The molecule has 1 atom stereocenters. The molecular formula is C24H30Cl2N8O4S. The second-order valence-electron chi connectivity index (χ2n) is 8.95. The summed E-state index contributed by atoms with van der Waals surface area (Å²) >= 11 is 13.3. The molecule has 8 N–H and O–H groups in total. The topological polar surface area (TPSA) is 194 Å². The number of aliphatic hydroxyl groups is 2. The highest BCUT2D eigenvalue weighted by Gasteiger charge is 2.39. The van der Waals surface area contributed by atoms with Crippen molar-refractivity contribution in [3.8, 4) is 11.4 Å². The lowest BCUT2D eigenvalue weighted by molar-refractivity contribution is -0.195. The molecule has 2 heterocycles. The zero-order valence-corrected chi connectivity index (χ0v) is 23.6. The zero-order valence-electron chi connectivity index (χ0n) is 21.3. The minimum atomic E-state index is -2.49. The van der Waals surface area contributed by atoms with Crippen molar-refractivity contribution >= 4 is 52.1 Å². The van der Waals surface area contributed by atoms with Crippen molar-refractivity contribution in [1.82, 2.24) is 19.9 Å². The van der Waals surface area contributed by atoms with Crippen molar-refractivity contribution in [2.24, 2.45) is 16.5 Å². The van der Waals surface area contributed by atoms with E-state index in [4.69, 9.17) is 34.7 Å². The van der Waals surface area contributed by atoms with Crippen LogP contribution in [0.2, 0.25) is 10.0 Å². The number of guanidine groups is 1. The van der Waals surface area contributed by atoms with Crippen LogP contribution in [0.3, 0.4) is 0 Å². The van der Waals surface area contributed by atoms with E-state index in [2.05, 4.69) is 25.6 Å². The van der Waals surface area contributed by atoms with Gasteiger partial charge in [0, 0.05) is 29.7 Å². The molecule has 210 valence electrons. The van der Waals surface area contributed by atoms with Crippen LogP contribution in [0.4, 0.5) is 5.69 Å². The van der Waals surface area contributed by atoms with E-state index in [0.717, 1.165) is 11.3 Å². The van der Waals surface area contributed by atoms with Gasteiger partial charge in [-0.15, -0.1) is 11.3 Å². The fourth-order valence-corrected chi connectivity index (χ4v) is 4.72. The minimum Gasteiger partial charge on any atom is -0.377 e. The SMILES string of the molecule is CC(C)Nc1cnc(-c2ccc(Cl)c(Cl)c2)n(CC(=O)N[C@@H](CCCN=C(N)N)C(O)(O)c2nccs2)c1=O. The number of halogens is 2. The first-order valence-electron chi connectivity index (χ1n) is 11.9. The maximum Gasteiger partial charge on any atom is 0.277 e. The molecule has 0 saturated carbocycles. The van der Waals surface area contributed by atoms with E-state index in [1.165, 1.54) is 23.0 Å². The number of nitrogens with two attached hydrogens (primary N) is 2. The van der Waals surface area contributed by atoms with Gasteiger partial charge in [-0.2, -0.15) is 0 Å². The molecule has 0 saturated heterocycles. The number of nitrogens with zero attached hydrogens (tertiary/aromatic N) is 4. The first-order valence-corrected chi connectivity index (χ1v) is 13.5. The summed E-state index contributed by atoms with van der Waals surface area (Å²) < 4.78 is 1.18. The van der Waals surface area contributed by atoms with E-state index < -0.39 is 29.8 Å². The molecule has 3 aromatic rings. The van der Waals surface area contributed by atoms with Gasteiger partial charge in [-0.25, -0.2) is 9.97 Å². The molecule has 0 aliphatic heterocycles. The average Bonchev–Trinajstić information content (AvgIpc) is 3.41. The molecule has 0 aliphatic carbocycles. The van der Waals surface area contributed by atoms with Crippen molar-refractivity contribution < 1.29 is 15.0 Å². The molecular weight excluding hydrogens is 567 g/mol. The van der Waals surface area contributed by atoms with Crippen LogP contribution in [-0.4, -0.2) is 55.2 Å². The van der Waals surface area contributed by atoms with Crippen LogP contribution in [0, 0.1) is 0 Å². The number of hydrogen-bond acceptors (Lipinski definition) is 9. The van der Waals surface area contributed by atoms with Gasteiger partial charge in [-0.3, -0.25) is 19.1 Å². The summed E-state index contributed by atoms with van der Waals surface area (Å²) in [5.41, 5.74) is 10.9. The maximum absolute atomic E-state index is 13.4. The van der Waals surface area contributed by atoms with Crippen LogP contribution < -0.4 is 27.7 Å². The lowest BCUT2D eigenvalue weighted by Crippen LogP contribution is -2.52. The Bertz CT molecular complexity index is 1370. The van der Waals surface area contributed by atoms with Crippen LogP contribution in [0.1, 0.15) is 31.7 Å². The molecule has 3 rings (SSSR count). The van der Waals surface area contributed by atoms with Gasteiger partial charge < -0.3 is 32.3 Å². The quantitative estimate of drug-likeness (QED) is 0.0782. The molecule has 15 heteroatoms. The Morgan fingerprint density at radius 1 is 1.23 bits per heavy atom. The summed E-state index contributed by atoms with van der Waals surface area (Å²) in [6.45, 7) is 3.44. The second kappa shape index (κ2) is 13.2. The Kier molecular flexibility index (Phi) is 10.3. The highest BCUT2D eigenvalue weighted by molar-refractivity contribution is 7.09. The van der Waals surface area contributed by atoms with Gasteiger partial charge in [0.2, 0.25) is 11.7 Å². The molecule has 0 aliphatic rings. The van der Waals surface area contributed by atoms with Crippen LogP contribution in [0.5, 0.6) is 0 Å². The minimum absolute atomic E-state index is 0.00639. The van der Waals surface area contributed by atoms with Gasteiger partial charge >= 0.3 is 0 Å². The molecule has 0 bridgehead atoms. The zero-order chi connectivity index (χ0) is 28.7. The van der Waals surface area contributed by atoms with Crippen molar-refractivity contribution in [1.29, 1.82) is 0 Å². The fraction of sp³-hybridized carbons (Fsp3) is 0.375. The smallest absolute Gasteiger partial charge is 0.277 e. The van der Waals surface area contributed by atoms with Crippen molar-refractivity contribution in [2.45, 2.75) is 51.1 Å². The third-order valence-electron chi connectivity index (χ3n) is 5.48. The van der Waals surface area contributed by atoms with Crippen molar-refractivity contribution in [3.63, 3.8) is 0 Å². The molecule has 0 radical (unpaired) electrons. The van der Waals surface area contributed by atoms with Crippen LogP contribution in [0.15, 0.2) is 45.8 Å². The second-order valence-corrected chi connectivity index (χ2v) is 10.7. The predicted octanol–water partition coefficient (Wildman–Crippen LogP) is 1.87. The Balaban J connectivity index is 1.95. The van der Waals surface area contributed by atoms with Gasteiger partial charge in [0.1, 0.15) is 18.1 Å². The normalized spacial score (nSPS) is 12.3. The van der Waals surface area contributed by atoms with E-state index in [0.29, 0.717) is 17.0 Å². The standard InChI is InChI=1S/C24H30Cl2N8O4S/c1-13(2)32-17-11-31-20(14-5-6-15(25)16(26)10-14)34(21(17)36)12-19(35)33-18(4-3-7-30-23(27)28)24(37,38)22-29-8-9-39-22/h5-6,8-11,13,18,32,37-38H,3-4,7,12H2,1-2H3,(H,33,35)(H4,27,28,30)/t18-/m0/s1. The maximum atomic E-state index is 13.4. The third-order valence-corrected chi connectivity index (χ3v) is 7.11. The average molecular weight is 598 g/mol. The number of carbonyl (C=O) groups is 1. The molecule has 1 amide bonds. The molecule has 0 unspecified atom stereocenters. The summed E-state index contributed by atoms with van der Waals surface area (Å²) in [6, 6.07) is 3.45. The van der Waals surface area contributed by atoms with Crippen molar-refractivity contribution in [2.75, 3.05) is 11.9 Å². The molecule has 12 nitrogen and oxygen atoms in total. The number of rotatable bonds is 12. The van der Waals surface area contributed by atoms with Gasteiger partial charge in [-0.05, 0) is 44.9 Å². The Morgan fingerprint density at radius 3 is 2.59 bits per heavy atom. The molecule has 0 spiro atoms. The number of aliphatic imine (C=N–C) groups is 1. The number of carbonyl (C=O) groups excluding carboxylic acids is 1. The number of amides is 1. The highest BCUT2D eigenvalue weighted by atomic mass is 35.5. The molecule has 0 fully saturated rings. The summed E-state index contributed by atoms with van der Waals surface area (Å²) in [6.07, 6.45) is 3.22. The van der Waals surface area contributed by atoms with Gasteiger partial charge in [0.05, 0.1) is 22.3 Å². The Hall–Kier alpha value is -3.23. The van der Waals surface area contributed by atoms with E-state index in [9.17, 15) is 19.8 Å². The lowest BCUT2D eigenvalue weighted by Gasteiger charge is -2.30. The van der Waals surface area contributed by atoms with E-state index in [1.807, 2.05) is 13.8 Å². The number of aromatic nitrogens is 3. The monoisotopic (exact) mass is 596 g/mol. The molecule has 39 heavy (non-hydrogen) atoms. The lowest BCUT2D eigenvalue weighted by atomic mass is 10.0. The number of thiazole rings is 1. The largest absolute Gasteiger partial charge is 0.377 e. The van der Waals surface area contributed by atoms with Gasteiger partial charge in [0.15, 0.2) is 11.0 Å².